The van der Waals surface area contributed by atoms with Gasteiger partial charge in [0, 0.05) is 5.33 Å². The van der Waals surface area contributed by atoms with Gasteiger partial charge in [-0.15, -0.1) is 0 Å². The molecule has 2 nitrogen and oxygen atoms in total. The van der Waals surface area contributed by atoms with E-state index in [1.807, 2.05) is 12.1 Å². The summed E-state index contributed by atoms with van der Waals surface area (Å²) in [7, 11) is 0. The molecule has 0 bridgehead atoms. The Kier molecular flexibility index (Phi) is 4.24. The predicted octanol–water partition coefficient (Wildman–Crippen LogP) is 3.53. The molecule has 3 heteroatoms. The van der Waals surface area contributed by atoms with Crippen LogP contribution in [-0.2, 0) is 10.1 Å². The van der Waals surface area contributed by atoms with Gasteiger partial charge in [-0.1, -0.05) is 28.1 Å². The Hall–Kier alpha value is -0.540. The van der Waals surface area contributed by atoms with Crippen LogP contribution in [0.25, 0.3) is 0 Å². The average Bonchev–Trinajstić information content (AvgIpc) is 2.73. The van der Waals surface area contributed by atoms with Crippen molar-refractivity contribution in [1.82, 2.24) is 0 Å². The minimum Gasteiger partial charge on any atom is -0.491 e. The van der Waals surface area contributed by atoms with Crippen LogP contribution >= 0.6 is 15.9 Å². The fraction of sp³-hybridized carbons (Fsp3) is 0.538. The molecule has 1 heterocycles. The highest BCUT2D eigenvalue weighted by Crippen LogP contribution is 2.21. The molecule has 2 unspecified atom stereocenters. The molecule has 2 atom stereocenters. The van der Waals surface area contributed by atoms with Crippen LogP contribution in [0, 0.1) is 0 Å². The zero-order chi connectivity index (χ0) is 11.4. The lowest BCUT2D eigenvalue weighted by Gasteiger charge is -2.12. The summed E-state index contributed by atoms with van der Waals surface area (Å²) in [5.74, 6) is 0.924. The van der Waals surface area contributed by atoms with Gasteiger partial charge in [0.2, 0.25) is 0 Å². The van der Waals surface area contributed by atoms with Crippen molar-refractivity contribution in [1.29, 1.82) is 0 Å². The van der Waals surface area contributed by atoms with Gasteiger partial charge < -0.3 is 9.47 Å². The maximum atomic E-state index is 5.70. The Morgan fingerprint density at radius 2 is 2.06 bits per heavy atom. The second-order valence-electron chi connectivity index (χ2n) is 4.23. The van der Waals surface area contributed by atoms with Crippen molar-refractivity contribution in [2.24, 2.45) is 0 Å². The number of benzene rings is 1. The topological polar surface area (TPSA) is 18.5 Å². The average molecular weight is 285 g/mol. The molecule has 0 spiro atoms. The number of halogens is 1. The largest absolute Gasteiger partial charge is 0.491 e. The van der Waals surface area contributed by atoms with Gasteiger partial charge in [-0.05, 0) is 37.5 Å². The van der Waals surface area contributed by atoms with Crippen LogP contribution in [0.1, 0.15) is 25.3 Å². The van der Waals surface area contributed by atoms with Crippen molar-refractivity contribution >= 4 is 15.9 Å². The van der Waals surface area contributed by atoms with Gasteiger partial charge in [-0.3, -0.25) is 0 Å². The molecular formula is C13H17BrO2. The van der Waals surface area contributed by atoms with E-state index in [2.05, 4.69) is 35.0 Å². The highest BCUT2D eigenvalue weighted by molar-refractivity contribution is 9.08. The number of alkyl halides is 1. The summed E-state index contributed by atoms with van der Waals surface area (Å²) >= 11 is 3.42. The summed E-state index contributed by atoms with van der Waals surface area (Å²) in [5.41, 5.74) is 1.26. The minimum atomic E-state index is 0.269. The third kappa shape index (κ3) is 3.22. The molecule has 2 rings (SSSR count). The maximum Gasteiger partial charge on any atom is 0.119 e. The Bertz CT molecular complexity index is 323. The second kappa shape index (κ2) is 5.69. The van der Waals surface area contributed by atoms with E-state index in [9.17, 15) is 0 Å². The lowest BCUT2D eigenvalue weighted by Crippen LogP contribution is -2.17. The fourth-order valence-electron chi connectivity index (χ4n) is 1.87. The van der Waals surface area contributed by atoms with Crippen LogP contribution in [0.2, 0.25) is 0 Å². The van der Waals surface area contributed by atoms with Crippen molar-refractivity contribution in [2.75, 3.05) is 6.61 Å². The first-order chi connectivity index (χ1) is 7.78. The van der Waals surface area contributed by atoms with Crippen molar-refractivity contribution in [3.05, 3.63) is 29.8 Å². The molecule has 88 valence electrons. The van der Waals surface area contributed by atoms with Crippen LogP contribution in [0.15, 0.2) is 24.3 Å². The van der Waals surface area contributed by atoms with E-state index in [1.165, 1.54) is 5.56 Å². The molecule has 0 saturated carbocycles. The van der Waals surface area contributed by atoms with Crippen molar-refractivity contribution in [3.8, 4) is 5.75 Å². The SMILES string of the molecule is CC1CCC(COc2ccc(CBr)cc2)O1. The van der Waals surface area contributed by atoms with Gasteiger partial charge in [0.1, 0.15) is 12.4 Å². The van der Waals surface area contributed by atoms with Gasteiger partial charge in [0.15, 0.2) is 0 Å². The van der Waals surface area contributed by atoms with Crippen LogP contribution in [-0.4, -0.2) is 18.8 Å². The molecule has 1 aliphatic heterocycles. The van der Waals surface area contributed by atoms with E-state index >= 15 is 0 Å². The predicted molar refractivity (Wildman–Crippen MR) is 68.1 cm³/mol. The normalized spacial score (nSPS) is 24.6. The standard InChI is InChI=1S/C13H17BrO2/c1-10-2-5-13(16-10)9-15-12-6-3-11(8-14)4-7-12/h3-4,6-7,10,13H,2,5,8-9H2,1H3. The Morgan fingerprint density at radius 1 is 1.31 bits per heavy atom. The van der Waals surface area contributed by atoms with E-state index < -0.39 is 0 Å². The highest BCUT2D eigenvalue weighted by Gasteiger charge is 2.21. The van der Waals surface area contributed by atoms with Gasteiger partial charge in [-0.2, -0.15) is 0 Å². The van der Waals surface area contributed by atoms with Crippen molar-refractivity contribution in [2.45, 2.75) is 37.3 Å². The number of hydrogen-bond acceptors (Lipinski definition) is 2. The maximum absolute atomic E-state index is 5.70. The molecule has 0 aliphatic carbocycles. The molecule has 1 aromatic rings. The summed E-state index contributed by atoms with van der Waals surface area (Å²) in [4.78, 5) is 0. The lowest BCUT2D eigenvalue weighted by molar-refractivity contribution is 0.0264. The molecule has 0 aromatic heterocycles. The van der Waals surface area contributed by atoms with Crippen molar-refractivity contribution in [3.63, 3.8) is 0 Å². The third-order valence-corrected chi connectivity index (χ3v) is 3.48. The van der Waals surface area contributed by atoms with Crippen LogP contribution in [0.3, 0.4) is 0 Å². The summed E-state index contributed by atoms with van der Waals surface area (Å²) in [6.45, 7) is 2.78. The molecular weight excluding hydrogens is 268 g/mol. The van der Waals surface area contributed by atoms with E-state index in [0.717, 1.165) is 23.9 Å². The Morgan fingerprint density at radius 3 is 2.62 bits per heavy atom. The van der Waals surface area contributed by atoms with E-state index in [-0.39, 0.29) is 6.10 Å². The van der Waals surface area contributed by atoms with E-state index in [1.54, 1.807) is 0 Å². The molecule has 1 saturated heterocycles. The highest BCUT2D eigenvalue weighted by atomic mass is 79.9. The smallest absolute Gasteiger partial charge is 0.119 e. The van der Waals surface area contributed by atoms with Gasteiger partial charge >= 0.3 is 0 Å². The summed E-state index contributed by atoms with van der Waals surface area (Å²) < 4.78 is 11.4. The number of rotatable bonds is 4. The monoisotopic (exact) mass is 284 g/mol. The first-order valence-electron chi connectivity index (χ1n) is 5.71. The molecule has 1 aromatic carbocycles. The minimum absolute atomic E-state index is 0.269. The van der Waals surface area contributed by atoms with E-state index in [4.69, 9.17) is 9.47 Å². The first-order valence-corrected chi connectivity index (χ1v) is 6.83. The molecule has 0 amide bonds. The Labute approximate surface area is 105 Å². The van der Waals surface area contributed by atoms with Gasteiger partial charge in [0.05, 0.1) is 12.2 Å². The Balaban J connectivity index is 1.80. The first kappa shape index (κ1) is 11.9. The zero-order valence-electron chi connectivity index (χ0n) is 9.49. The van der Waals surface area contributed by atoms with Gasteiger partial charge in [0.25, 0.3) is 0 Å². The molecule has 0 N–H and O–H groups in total. The summed E-state index contributed by atoms with van der Waals surface area (Å²) in [5, 5.41) is 0.885. The van der Waals surface area contributed by atoms with Crippen molar-refractivity contribution < 1.29 is 9.47 Å². The lowest BCUT2D eigenvalue weighted by atomic mass is 10.2. The van der Waals surface area contributed by atoms with E-state index in [0.29, 0.717) is 12.7 Å². The quantitative estimate of drug-likeness (QED) is 0.788. The fourth-order valence-corrected chi connectivity index (χ4v) is 2.25. The van der Waals surface area contributed by atoms with Crippen LogP contribution in [0.4, 0.5) is 0 Å². The molecule has 16 heavy (non-hydrogen) atoms. The zero-order valence-corrected chi connectivity index (χ0v) is 11.1. The number of ether oxygens (including phenoxy) is 2. The summed E-state index contributed by atoms with van der Waals surface area (Å²) in [6.07, 6.45) is 2.92. The second-order valence-corrected chi connectivity index (χ2v) is 4.80. The molecule has 1 fully saturated rings. The molecule has 0 radical (unpaired) electrons. The summed E-state index contributed by atoms with van der Waals surface area (Å²) in [6, 6.07) is 8.16. The van der Waals surface area contributed by atoms with Crippen LogP contribution < -0.4 is 4.74 Å². The molecule has 1 aliphatic rings. The number of hydrogen-bond donors (Lipinski definition) is 0. The third-order valence-electron chi connectivity index (χ3n) is 2.83. The van der Waals surface area contributed by atoms with Crippen LogP contribution in [0.5, 0.6) is 5.75 Å². The van der Waals surface area contributed by atoms with Gasteiger partial charge in [-0.25, -0.2) is 0 Å².